The normalized spacial score (nSPS) is 24.7. The highest BCUT2D eigenvalue weighted by Crippen LogP contribution is 2.32. The number of halogens is 2. The molecule has 0 amide bonds. The Kier molecular flexibility index (Phi) is 4.47. The average molecular weight is 362 g/mol. The van der Waals surface area contributed by atoms with Crippen LogP contribution in [-0.4, -0.2) is 18.1 Å². The van der Waals surface area contributed by atoms with Crippen LogP contribution in [0.2, 0.25) is 0 Å². The number of hydrogen-bond donors (Lipinski definition) is 0. The highest BCUT2D eigenvalue weighted by atomic mass is 79.9. The Morgan fingerprint density at radius 3 is 2.47 bits per heavy atom. The highest BCUT2D eigenvalue weighted by molar-refractivity contribution is 9.11. The number of aromatic nitrogens is 1. The molecule has 0 unspecified atom stereocenters. The van der Waals surface area contributed by atoms with Crippen LogP contribution >= 0.6 is 31.9 Å². The van der Waals surface area contributed by atoms with Gasteiger partial charge in [0.15, 0.2) is 0 Å². The van der Waals surface area contributed by atoms with Crippen molar-refractivity contribution in [3.63, 3.8) is 0 Å². The van der Waals surface area contributed by atoms with Crippen molar-refractivity contribution in [1.29, 1.82) is 0 Å². The fraction of sp³-hybridized carbons (Fsp3) is 0.615. The first-order valence-electron chi connectivity index (χ1n) is 6.12. The van der Waals surface area contributed by atoms with Gasteiger partial charge in [-0.25, -0.2) is 4.98 Å². The van der Waals surface area contributed by atoms with Crippen LogP contribution in [0.5, 0.6) is 0 Å². The van der Waals surface area contributed by atoms with Gasteiger partial charge in [0.05, 0.1) is 4.47 Å². The molecule has 1 saturated carbocycles. The fourth-order valence-electron chi connectivity index (χ4n) is 2.47. The van der Waals surface area contributed by atoms with E-state index in [0.29, 0.717) is 6.04 Å². The number of hydrogen-bond acceptors (Lipinski definition) is 2. The van der Waals surface area contributed by atoms with Crippen molar-refractivity contribution in [3.8, 4) is 0 Å². The van der Waals surface area contributed by atoms with E-state index in [-0.39, 0.29) is 0 Å². The van der Waals surface area contributed by atoms with Gasteiger partial charge in [-0.3, -0.25) is 0 Å². The molecular weight excluding hydrogens is 344 g/mol. The Bertz CT molecular complexity index is 387. The summed E-state index contributed by atoms with van der Waals surface area (Å²) >= 11 is 7.03. The van der Waals surface area contributed by atoms with Crippen LogP contribution < -0.4 is 4.90 Å². The van der Waals surface area contributed by atoms with Crippen LogP contribution in [0, 0.1) is 5.92 Å². The number of anilines is 1. The van der Waals surface area contributed by atoms with Crippen molar-refractivity contribution in [3.05, 3.63) is 21.2 Å². The van der Waals surface area contributed by atoms with Gasteiger partial charge in [0, 0.05) is 23.8 Å². The summed E-state index contributed by atoms with van der Waals surface area (Å²) in [7, 11) is 2.15. The second kappa shape index (κ2) is 5.70. The fourth-order valence-corrected chi connectivity index (χ4v) is 3.74. The zero-order valence-electron chi connectivity index (χ0n) is 10.3. The van der Waals surface area contributed by atoms with E-state index < -0.39 is 0 Å². The Labute approximate surface area is 120 Å². The van der Waals surface area contributed by atoms with Gasteiger partial charge in [0.2, 0.25) is 0 Å². The monoisotopic (exact) mass is 360 g/mol. The third-order valence-corrected chi connectivity index (χ3v) is 4.67. The third kappa shape index (κ3) is 3.22. The minimum atomic E-state index is 0.635. The van der Waals surface area contributed by atoms with Gasteiger partial charge in [-0.2, -0.15) is 0 Å². The van der Waals surface area contributed by atoms with Crippen LogP contribution in [0.1, 0.15) is 32.6 Å². The van der Waals surface area contributed by atoms with Crippen LogP contribution in [0.3, 0.4) is 0 Å². The Balaban J connectivity index is 2.11. The lowest BCUT2D eigenvalue weighted by Gasteiger charge is -2.34. The molecule has 1 aliphatic carbocycles. The first-order valence-corrected chi connectivity index (χ1v) is 7.70. The molecule has 1 aromatic heterocycles. The van der Waals surface area contributed by atoms with E-state index in [1.807, 2.05) is 6.20 Å². The van der Waals surface area contributed by atoms with Gasteiger partial charge < -0.3 is 4.90 Å². The third-order valence-electron chi connectivity index (χ3n) is 3.66. The van der Waals surface area contributed by atoms with Gasteiger partial charge in [0.25, 0.3) is 0 Å². The molecule has 0 radical (unpaired) electrons. The standard InChI is InChI=1S/C13H18Br2N2/c1-9-3-5-11(6-4-9)17(2)13-12(15)7-10(14)8-16-13/h7-9,11H,3-6H2,1-2H3. The molecule has 2 rings (SSSR count). The van der Waals surface area contributed by atoms with Crippen molar-refractivity contribution in [2.75, 3.05) is 11.9 Å². The minimum Gasteiger partial charge on any atom is -0.356 e. The van der Waals surface area contributed by atoms with E-state index in [0.717, 1.165) is 20.7 Å². The molecule has 0 aliphatic heterocycles. The lowest BCUT2D eigenvalue weighted by atomic mass is 9.87. The Morgan fingerprint density at radius 2 is 1.88 bits per heavy atom. The second-order valence-electron chi connectivity index (χ2n) is 4.98. The molecule has 1 fully saturated rings. The summed E-state index contributed by atoms with van der Waals surface area (Å²) in [5.74, 6) is 1.94. The number of rotatable bonds is 2. The average Bonchev–Trinajstić information content (AvgIpc) is 2.29. The van der Waals surface area contributed by atoms with Crippen molar-refractivity contribution < 1.29 is 0 Å². The molecule has 0 saturated heterocycles. The highest BCUT2D eigenvalue weighted by Gasteiger charge is 2.23. The SMILES string of the molecule is CC1CCC(N(C)c2ncc(Br)cc2Br)CC1. The zero-order chi connectivity index (χ0) is 12.4. The maximum Gasteiger partial charge on any atom is 0.142 e. The number of nitrogens with zero attached hydrogens (tertiary/aromatic N) is 2. The van der Waals surface area contributed by atoms with E-state index in [1.54, 1.807) is 0 Å². The molecule has 0 N–H and O–H groups in total. The largest absolute Gasteiger partial charge is 0.356 e. The molecule has 2 nitrogen and oxygen atoms in total. The molecule has 0 atom stereocenters. The molecule has 1 aromatic rings. The van der Waals surface area contributed by atoms with Gasteiger partial charge in [-0.05, 0) is 69.5 Å². The summed E-state index contributed by atoms with van der Waals surface area (Å²) in [6.45, 7) is 2.35. The molecule has 94 valence electrons. The van der Waals surface area contributed by atoms with E-state index in [4.69, 9.17) is 0 Å². The summed E-state index contributed by atoms with van der Waals surface area (Å²) in [6, 6.07) is 2.70. The van der Waals surface area contributed by atoms with Crippen molar-refractivity contribution in [1.82, 2.24) is 4.98 Å². The van der Waals surface area contributed by atoms with Crippen molar-refractivity contribution in [2.24, 2.45) is 5.92 Å². The summed E-state index contributed by atoms with van der Waals surface area (Å²) in [4.78, 5) is 6.83. The van der Waals surface area contributed by atoms with Gasteiger partial charge in [-0.15, -0.1) is 0 Å². The zero-order valence-corrected chi connectivity index (χ0v) is 13.5. The van der Waals surface area contributed by atoms with Crippen LogP contribution in [0.25, 0.3) is 0 Å². The van der Waals surface area contributed by atoms with E-state index >= 15 is 0 Å². The molecular formula is C13H18Br2N2. The quantitative estimate of drug-likeness (QED) is 0.763. The minimum absolute atomic E-state index is 0.635. The number of pyridine rings is 1. The molecule has 0 spiro atoms. The van der Waals surface area contributed by atoms with E-state index in [2.05, 4.69) is 61.8 Å². The van der Waals surface area contributed by atoms with Crippen LogP contribution in [0.15, 0.2) is 21.2 Å². The molecule has 1 heterocycles. The van der Waals surface area contributed by atoms with E-state index in [9.17, 15) is 0 Å². The summed E-state index contributed by atoms with van der Waals surface area (Å²) in [5, 5.41) is 0. The first kappa shape index (κ1) is 13.3. The topological polar surface area (TPSA) is 16.1 Å². The van der Waals surface area contributed by atoms with Crippen LogP contribution in [-0.2, 0) is 0 Å². The molecule has 0 aromatic carbocycles. The van der Waals surface area contributed by atoms with Gasteiger partial charge >= 0.3 is 0 Å². The maximum atomic E-state index is 4.50. The predicted octanol–water partition coefficient (Wildman–Crippen LogP) is 4.62. The van der Waals surface area contributed by atoms with Crippen molar-refractivity contribution >= 4 is 37.7 Å². The predicted molar refractivity (Wildman–Crippen MR) is 79.5 cm³/mol. The molecule has 1 aliphatic rings. The first-order chi connectivity index (χ1) is 8.08. The van der Waals surface area contributed by atoms with Crippen molar-refractivity contribution in [2.45, 2.75) is 38.6 Å². The molecule has 4 heteroatoms. The lowest BCUT2D eigenvalue weighted by Crippen LogP contribution is -2.35. The molecule has 0 bridgehead atoms. The summed E-state index contributed by atoms with van der Waals surface area (Å²) in [6.07, 6.45) is 7.10. The Morgan fingerprint density at radius 1 is 1.24 bits per heavy atom. The van der Waals surface area contributed by atoms with Gasteiger partial charge in [-0.1, -0.05) is 6.92 Å². The second-order valence-corrected chi connectivity index (χ2v) is 6.75. The van der Waals surface area contributed by atoms with E-state index in [1.165, 1.54) is 25.7 Å². The maximum absolute atomic E-state index is 4.50. The van der Waals surface area contributed by atoms with Crippen LogP contribution in [0.4, 0.5) is 5.82 Å². The van der Waals surface area contributed by atoms with Gasteiger partial charge in [0.1, 0.15) is 5.82 Å². The smallest absolute Gasteiger partial charge is 0.142 e. The lowest BCUT2D eigenvalue weighted by molar-refractivity contribution is 0.340. The Hall–Kier alpha value is -0.0900. The summed E-state index contributed by atoms with van der Waals surface area (Å²) in [5.41, 5.74) is 0. The molecule has 17 heavy (non-hydrogen) atoms. The summed E-state index contributed by atoms with van der Waals surface area (Å²) < 4.78 is 2.08.